The lowest BCUT2D eigenvalue weighted by Gasteiger charge is -2.28. The van der Waals surface area contributed by atoms with E-state index in [-0.39, 0.29) is 31.0 Å². The Morgan fingerprint density at radius 3 is 2.78 bits per heavy atom. The second kappa shape index (κ2) is 5.17. The van der Waals surface area contributed by atoms with Gasteiger partial charge in [0.2, 0.25) is 5.92 Å². The van der Waals surface area contributed by atoms with Gasteiger partial charge in [0.25, 0.3) is 0 Å². The van der Waals surface area contributed by atoms with Crippen molar-refractivity contribution in [2.24, 2.45) is 5.92 Å². The number of rotatable bonds is 3. The maximum Gasteiger partial charge on any atom is 0.248 e. The van der Waals surface area contributed by atoms with Crippen molar-refractivity contribution in [3.8, 4) is 0 Å². The molecule has 1 fully saturated rings. The van der Waals surface area contributed by atoms with E-state index in [2.05, 4.69) is 0 Å². The first-order valence-electron chi connectivity index (χ1n) is 6.44. The number of ketones is 1. The fourth-order valence-electron chi connectivity index (χ4n) is 2.71. The SMILES string of the molecule is Cc1ccccc1C(=O)CC1CCCC(F)(F)C1. The number of carbonyl (C=O) groups is 1. The van der Waals surface area contributed by atoms with Crippen LogP contribution in [0.4, 0.5) is 8.78 Å². The molecule has 0 spiro atoms. The first-order chi connectivity index (χ1) is 8.48. The van der Waals surface area contributed by atoms with Gasteiger partial charge in [-0.05, 0) is 31.2 Å². The summed E-state index contributed by atoms with van der Waals surface area (Å²) in [5.41, 5.74) is 1.59. The Kier molecular flexibility index (Phi) is 3.79. The zero-order valence-electron chi connectivity index (χ0n) is 10.6. The number of halogens is 2. The van der Waals surface area contributed by atoms with Crippen LogP contribution in [0.5, 0.6) is 0 Å². The molecule has 0 N–H and O–H groups in total. The van der Waals surface area contributed by atoms with Gasteiger partial charge in [0, 0.05) is 24.8 Å². The molecule has 1 aromatic carbocycles. The molecule has 0 heterocycles. The highest BCUT2D eigenvalue weighted by Crippen LogP contribution is 2.38. The lowest BCUT2D eigenvalue weighted by molar-refractivity contribution is -0.0521. The van der Waals surface area contributed by atoms with E-state index in [0.29, 0.717) is 12.0 Å². The van der Waals surface area contributed by atoms with E-state index in [0.717, 1.165) is 12.0 Å². The predicted octanol–water partition coefficient (Wildman–Crippen LogP) is 4.39. The first kappa shape index (κ1) is 13.2. The molecule has 1 atom stereocenters. The number of alkyl halides is 2. The number of hydrogen-bond acceptors (Lipinski definition) is 1. The third kappa shape index (κ3) is 3.15. The van der Waals surface area contributed by atoms with E-state index in [1.807, 2.05) is 25.1 Å². The van der Waals surface area contributed by atoms with Crippen LogP contribution >= 0.6 is 0 Å². The van der Waals surface area contributed by atoms with Crippen LogP contribution in [0.3, 0.4) is 0 Å². The predicted molar refractivity (Wildman–Crippen MR) is 67.0 cm³/mol. The molecule has 1 nitrogen and oxygen atoms in total. The average molecular weight is 252 g/mol. The van der Waals surface area contributed by atoms with Gasteiger partial charge in [-0.2, -0.15) is 0 Å². The highest BCUT2D eigenvalue weighted by atomic mass is 19.3. The topological polar surface area (TPSA) is 17.1 Å². The molecule has 0 amide bonds. The standard InChI is InChI=1S/C15H18F2O/c1-11-5-2-3-7-13(11)14(18)9-12-6-4-8-15(16,17)10-12/h2-3,5,7,12H,4,6,8-10H2,1H3. The second-order valence-electron chi connectivity index (χ2n) is 5.26. The summed E-state index contributed by atoms with van der Waals surface area (Å²) in [4.78, 5) is 12.1. The Hall–Kier alpha value is -1.25. The molecule has 0 saturated heterocycles. The maximum absolute atomic E-state index is 13.3. The van der Waals surface area contributed by atoms with E-state index in [1.165, 1.54) is 0 Å². The molecule has 0 bridgehead atoms. The number of Topliss-reactive ketones (excluding diaryl/α,β-unsaturated/α-hetero) is 1. The highest BCUT2D eigenvalue weighted by molar-refractivity contribution is 5.97. The second-order valence-corrected chi connectivity index (χ2v) is 5.26. The smallest absolute Gasteiger partial charge is 0.248 e. The van der Waals surface area contributed by atoms with E-state index in [9.17, 15) is 13.6 Å². The van der Waals surface area contributed by atoms with Crippen molar-refractivity contribution >= 4 is 5.78 Å². The molecule has 2 rings (SSSR count). The van der Waals surface area contributed by atoms with Crippen molar-refractivity contribution in [2.45, 2.75) is 45.0 Å². The normalized spacial score (nSPS) is 22.7. The van der Waals surface area contributed by atoms with Gasteiger partial charge in [-0.1, -0.05) is 24.3 Å². The van der Waals surface area contributed by atoms with Crippen molar-refractivity contribution in [3.05, 3.63) is 35.4 Å². The Morgan fingerprint density at radius 2 is 2.11 bits per heavy atom. The van der Waals surface area contributed by atoms with Gasteiger partial charge in [0.15, 0.2) is 5.78 Å². The van der Waals surface area contributed by atoms with Crippen LogP contribution in [0.2, 0.25) is 0 Å². The van der Waals surface area contributed by atoms with Crippen LogP contribution in [0.25, 0.3) is 0 Å². The summed E-state index contributed by atoms with van der Waals surface area (Å²) in [7, 11) is 0. The fourth-order valence-corrected chi connectivity index (χ4v) is 2.71. The molecule has 1 aliphatic rings. The van der Waals surface area contributed by atoms with Crippen LogP contribution in [-0.4, -0.2) is 11.7 Å². The molecular weight excluding hydrogens is 234 g/mol. The Bertz CT molecular complexity index is 440. The van der Waals surface area contributed by atoms with Gasteiger partial charge in [-0.15, -0.1) is 0 Å². The molecule has 3 heteroatoms. The van der Waals surface area contributed by atoms with Crippen molar-refractivity contribution < 1.29 is 13.6 Å². The van der Waals surface area contributed by atoms with E-state index < -0.39 is 5.92 Å². The number of carbonyl (C=O) groups excluding carboxylic acids is 1. The molecule has 0 aliphatic heterocycles. The van der Waals surface area contributed by atoms with Crippen LogP contribution in [0, 0.1) is 12.8 Å². The van der Waals surface area contributed by atoms with E-state index in [1.54, 1.807) is 6.07 Å². The molecule has 1 saturated carbocycles. The zero-order valence-corrected chi connectivity index (χ0v) is 10.6. The van der Waals surface area contributed by atoms with Crippen LogP contribution in [-0.2, 0) is 0 Å². The van der Waals surface area contributed by atoms with Crippen LogP contribution in [0.1, 0.15) is 48.0 Å². The number of aryl methyl sites for hydroxylation is 1. The summed E-state index contributed by atoms with van der Waals surface area (Å²) < 4.78 is 26.6. The van der Waals surface area contributed by atoms with E-state index >= 15 is 0 Å². The molecular formula is C15H18F2O. The van der Waals surface area contributed by atoms with Gasteiger partial charge in [0.05, 0.1) is 0 Å². The van der Waals surface area contributed by atoms with Gasteiger partial charge in [-0.3, -0.25) is 4.79 Å². The summed E-state index contributed by atoms with van der Waals surface area (Å²) in [6, 6.07) is 7.35. The molecule has 98 valence electrons. The molecule has 18 heavy (non-hydrogen) atoms. The van der Waals surface area contributed by atoms with Gasteiger partial charge in [-0.25, -0.2) is 8.78 Å². The summed E-state index contributed by atoms with van der Waals surface area (Å²) in [6.07, 6.45) is 1.36. The summed E-state index contributed by atoms with van der Waals surface area (Å²) in [5.74, 6) is -2.74. The third-order valence-electron chi connectivity index (χ3n) is 3.66. The monoisotopic (exact) mass is 252 g/mol. The minimum atomic E-state index is -2.57. The quantitative estimate of drug-likeness (QED) is 0.729. The lowest BCUT2D eigenvalue weighted by atomic mass is 9.82. The van der Waals surface area contributed by atoms with Gasteiger partial charge in [0.1, 0.15) is 0 Å². The molecule has 1 unspecified atom stereocenters. The van der Waals surface area contributed by atoms with Crippen molar-refractivity contribution in [1.29, 1.82) is 0 Å². The largest absolute Gasteiger partial charge is 0.294 e. The highest BCUT2D eigenvalue weighted by Gasteiger charge is 2.36. The summed E-state index contributed by atoms with van der Waals surface area (Å²) in [6.45, 7) is 1.88. The summed E-state index contributed by atoms with van der Waals surface area (Å²) in [5, 5.41) is 0. The van der Waals surface area contributed by atoms with Crippen molar-refractivity contribution in [1.82, 2.24) is 0 Å². The van der Waals surface area contributed by atoms with Crippen molar-refractivity contribution in [2.75, 3.05) is 0 Å². The Balaban J connectivity index is 2.02. The summed E-state index contributed by atoms with van der Waals surface area (Å²) >= 11 is 0. The maximum atomic E-state index is 13.3. The molecule has 1 aromatic rings. The Labute approximate surface area is 106 Å². The fraction of sp³-hybridized carbons (Fsp3) is 0.533. The van der Waals surface area contributed by atoms with Crippen LogP contribution in [0.15, 0.2) is 24.3 Å². The minimum Gasteiger partial charge on any atom is -0.294 e. The average Bonchev–Trinajstić information content (AvgIpc) is 2.28. The Morgan fingerprint density at radius 1 is 1.39 bits per heavy atom. The van der Waals surface area contributed by atoms with E-state index in [4.69, 9.17) is 0 Å². The lowest BCUT2D eigenvalue weighted by Crippen LogP contribution is -2.27. The van der Waals surface area contributed by atoms with Crippen LogP contribution < -0.4 is 0 Å². The number of hydrogen-bond donors (Lipinski definition) is 0. The van der Waals surface area contributed by atoms with Gasteiger partial charge < -0.3 is 0 Å². The number of benzene rings is 1. The molecule has 0 aromatic heterocycles. The third-order valence-corrected chi connectivity index (χ3v) is 3.66. The molecule has 0 radical (unpaired) electrons. The van der Waals surface area contributed by atoms with Gasteiger partial charge >= 0.3 is 0 Å². The zero-order chi connectivity index (χ0) is 13.2. The minimum absolute atomic E-state index is 0.00389. The van der Waals surface area contributed by atoms with Crippen molar-refractivity contribution in [3.63, 3.8) is 0 Å². The molecule has 1 aliphatic carbocycles. The first-order valence-corrected chi connectivity index (χ1v) is 6.44.